The molecule has 1 rings (SSSR count). The van der Waals surface area contributed by atoms with Crippen LogP contribution in [0.3, 0.4) is 0 Å². The topological polar surface area (TPSA) is 58.9 Å². The Labute approximate surface area is 102 Å². The number of hydrogen-bond donors (Lipinski definition) is 2. The maximum absolute atomic E-state index is 9.33. The Morgan fingerprint density at radius 3 is 2.35 bits per heavy atom. The molecule has 0 aromatic heterocycles. The molecule has 0 fully saturated rings. The third kappa shape index (κ3) is 3.46. The number of para-hydroxylation sites is 1. The lowest BCUT2D eigenvalue weighted by Gasteiger charge is -2.24. The minimum Gasteiger partial charge on any atom is -0.468 e. The molecule has 4 nitrogen and oxygen atoms in total. The Kier molecular flexibility index (Phi) is 4.57. The van der Waals surface area contributed by atoms with Gasteiger partial charge in [0.25, 0.3) is 0 Å². The highest BCUT2D eigenvalue weighted by molar-refractivity contribution is 6.59. The zero-order valence-electron chi connectivity index (χ0n) is 10.7. The van der Waals surface area contributed by atoms with Crippen molar-refractivity contribution in [1.29, 1.82) is 0 Å². The van der Waals surface area contributed by atoms with Crippen LogP contribution in [0.1, 0.15) is 26.3 Å². The molecular weight excluding hydrogens is 219 g/mol. The monoisotopic (exact) mass is 238 g/mol. The lowest BCUT2D eigenvalue weighted by atomic mass is 9.75. The van der Waals surface area contributed by atoms with Gasteiger partial charge in [-0.3, -0.25) is 0 Å². The second-order valence-corrected chi connectivity index (χ2v) is 4.90. The predicted molar refractivity (Wildman–Crippen MR) is 67.5 cm³/mol. The SMILES string of the molecule is COCOc1c(B(O)O)cccc1C(C)(C)C. The first-order valence-corrected chi connectivity index (χ1v) is 5.49. The van der Waals surface area contributed by atoms with Crippen LogP contribution in [-0.2, 0) is 10.2 Å². The molecule has 0 heterocycles. The van der Waals surface area contributed by atoms with Crippen molar-refractivity contribution >= 4 is 12.6 Å². The van der Waals surface area contributed by atoms with E-state index >= 15 is 0 Å². The van der Waals surface area contributed by atoms with Crippen molar-refractivity contribution in [2.45, 2.75) is 26.2 Å². The lowest BCUT2D eigenvalue weighted by Crippen LogP contribution is -2.33. The fourth-order valence-electron chi connectivity index (χ4n) is 1.63. The fraction of sp³-hybridized carbons (Fsp3) is 0.500. The van der Waals surface area contributed by atoms with Gasteiger partial charge in [0.05, 0.1) is 0 Å². The van der Waals surface area contributed by atoms with Crippen molar-refractivity contribution in [3.05, 3.63) is 23.8 Å². The first-order valence-electron chi connectivity index (χ1n) is 5.49. The summed E-state index contributed by atoms with van der Waals surface area (Å²) in [6.07, 6.45) is 0. The minimum absolute atomic E-state index is 0.0762. The van der Waals surface area contributed by atoms with Crippen molar-refractivity contribution < 1.29 is 19.5 Å². The van der Waals surface area contributed by atoms with Gasteiger partial charge in [-0.15, -0.1) is 0 Å². The molecule has 1 aromatic carbocycles. The fourth-order valence-corrected chi connectivity index (χ4v) is 1.63. The zero-order chi connectivity index (χ0) is 13.1. The van der Waals surface area contributed by atoms with E-state index in [9.17, 15) is 10.0 Å². The van der Waals surface area contributed by atoms with E-state index in [1.165, 1.54) is 7.11 Å². The normalized spacial score (nSPS) is 11.4. The highest BCUT2D eigenvalue weighted by Crippen LogP contribution is 2.30. The van der Waals surface area contributed by atoms with Crippen molar-refractivity contribution in [2.24, 2.45) is 0 Å². The Balaban J connectivity index is 3.24. The Hall–Kier alpha value is -1.04. The van der Waals surface area contributed by atoms with Crippen LogP contribution in [0.4, 0.5) is 0 Å². The molecule has 0 atom stereocenters. The molecule has 0 aliphatic heterocycles. The minimum atomic E-state index is -1.55. The molecular formula is C12H19BO4. The average molecular weight is 238 g/mol. The Bertz CT molecular complexity index is 371. The van der Waals surface area contributed by atoms with Crippen molar-refractivity contribution in [3.8, 4) is 5.75 Å². The van der Waals surface area contributed by atoms with E-state index in [1.54, 1.807) is 12.1 Å². The molecule has 1 aromatic rings. The van der Waals surface area contributed by atoms with Gasteiger partial charge in [-0.2, -0.15) is 0 Å². The van der Waals surface area contributed by atoms with E-state index in [0.29, 0.717) is 11.2 Å². The van der Waals surface area contributed by atoms with Crippen LogP contribution in [0.5, 0.6) is 5.75 Å². The highest BCUT2D eigenvalue weighted by atomic mass is 16.7. The average Bonchev–Trinajstić information content (AvgIpc) is 2.24. The largest absolute Gasteiger partial charge is 0.492 e. The van der Waals surface area contributed by atoms with Crippen LogP contribution in [0.25, 0.3) is 0 Å². The van der Waals surface area contributed by atoms with Gasteiger partial charge in [-0.05, 0) is 11.0 Å². The molecule has 0 unspecified atom stereocenters. The first-order chi connectivity index (χ1) is 7.88. The molecule has 17 heavy (non-hydrogen) atoms. The number of hydrogen-bond acceptors (Lipinski definition) is 4. The van der Waals surface area contributed by atoms with E-state index in [-0.39, 0.29) is 12.2 Å². The number of rotatable bonds is 4. The lowest BCUT2D eigenvalue weighted by molar-refractivity contribution is 0.0504. The summed E-state index contributed by atoms with van der Waals surface area (Å²) in [6, 6.07) is 5.33. The second kappa shape index (κ2) is 5.53. The number of ether oxygens (including phenoxy) is 2. The number of benzene rings is 1. The van der Waals surface area contributed by atoms with E-state index in [1.807, 2.05) is 26.8 Å². The molecule has 0 aliphatic carbocycles. The van der Waals surface area contributed by atoms with E-state index in [4.69, 9.17) is 9.47 Å². The van der Waals surface area contributed by atoms with Crippen molar-refractivity contribution in [1.82, 2.24) is 0 Å². The van der Waals surface area contributed by atoms with Crippen LogP contribution in [0.15, 0.2) is 18.2 Å². The Morgan fingerprint density at radius 1 is 1.24 bits per heavy atom. The molecule has 0 amide bonds. The van der Waals surface area contributed by atoms with Crippen LogP contribution in [-0.4, -0.2) is 31.1 Å². The molecule has 0 radical (unpaired) electrons. The smallest absolute Gasteiger partial charge is 0.468 e. The maximum atomic E-state index is 9.33. The maximum Gasteiger partial charge on any atom is 0.492 e. The second-order valence-electron chi connectivity index (χ2n) is 4.90. The summed E-state index contributed by atoms with van der Waals surface area (Å²) in [5.74, 6) is 0.483. The third-order valence-electron chi connectivity index (χ3n) is 2.45. The zero-order valence-corrected chi connectivity index (χ0v) is 10.7. The van der Waals surface area contributed by atoms with Gasteiger partial charge >= 0.3 is 7.12 Å². The summed E-state index contributed by atoms with van der Waals surface area (Å²) in [7, 11) is -0.0291. The van der Waals surface area contributed by atoms with Crippen LogP contribution in [0, 0.1) is 0 Å². The van der Waals surface area contributed by atoms with Gasteiger partial charge in [0.2, 0.25) is 0 Å². The summed E-state index contributed by atoms with van der Waals surface area (Å²) < 4.78 is 10.3. The highest BCUT2D eigenvalue weighted by Gasteiger charge is 2.25. The van der Waals surface area contributed by atoms with E-state index in [2.05, 4.69) is 0 Å². The summed E-state index contributed by atoms with van der Waals surface area (Å²) in [6.45, 7) is 6.19. The molecule has 0 saturated carbocycles. The molecule has 94 valence electrons. The molecule has 0 aliphatic rings. The van der Waals surface area contributed by atoms with Crippen LogP contribution < -0.4 is 10.2 Å². The van der Waals surface area contributed by atoms with Crippen LogP contribution >= 0.6 is 0 Å². The molecule has 0 spiro atoms. The van der Waals surface area contributed by atoms with Crippen LogP contribution in [0.2, 0.25) is 0 Å². The molecule has 5 heteroatoms. The molecule has 2 N–H and O–H groups in total. The number of methoxy groups -OCH3 is 1. The van der Waals surface area contributed by atoms with Gasteiger partial charge in [-0.1, -0.05) is 39.0 Å². The summed E-state index contributed by atoms with van der Waals surface area (Å²) >= 11 is 0. The summed E-state index contributed by atoms with van der Waals surface area (Å²) in [5.41, 5.74) is 1.13. The van der Waals surface area contributed by atoms with Gasteiger partial charge in [0, 0.05) is 12.6 Å². The van der Waals surface area contributed by atoms with Crippen molar-refractivity contribution in [3.63, 3.8) is 0 Å². The first kappa shape index (κ1) is 14.0. The molecule has 0 bridgehead atoms. The van der Waals surface area contributed by atoms with Gasteiger partial charge in [0.15, 0.2) is 6.79 Å². The van der Waals surface area contributed by atoms with Gasteiger partial charge < -0.3 is 19.5 Å². The van der Waals surface area contributed by atoms with Crippen molar-refractivity contribution in [2.75, 3.05) is 13.9 Å². The predicted octanol–water partition coefficient (Wildman–Crippen LogP) is 0.647. The Morgan fingerprint density at radius 2 is 1.88 bits per heavy atom. The summed E-state index contributed by atoms with van der Waals surface area (Å²) in [5, 5.41) is 18.7. The van der Waals surface area contributed by atoms with E-state index < -0.39 is 7.12 Å². The summed E-state index contributed by atoms with van der Waals surface area (Å²) in [4.78, 5) is 0. The standard InChI is InChI=1S/C12H19BO4/c1-12(2,3)9-6-5-7-10(13(14)15)11(9)17-8-16-4/h5-7,14-15H,8H2,1-4H3. The quantitative estimate of drug-likeness (QED) is 0.597. The van der Waals surface area contributed by atoms with Gasteiger partial charge in [0.1, 0.15) is 5.75 Å². The third-order valence-corrected chi connectivity index (χ3v) is 2.45. The van der Waals surface area contributed by atoms with Gasteiger partial charge in [-0.25, -0.2) is 0 Å². The molecule has 0 saturated heterocycles. The van der Waals surface area contributed by atoms with E-state index in [0.717, 1.165) is 5.56 Å².